The van der Waals surface area contributed by atoms with Crippen molar-refractivity contribution in [2.45, 2.75) is 59.9 Å². The SMILES string of the molecule is Cc1ccc(C(C)C)c(OCCCn2c(CCO)nc3cc(C)c(C)cc32)c1. The third-order valence-corrected chi connectivity index (χ3v) is 5.35. The summed E-state index contributed by atoms with van der Waals surface area (Å²) in [5.41, 5.74) is 7.14. The van der Waals surface area contributed by atoms with Gasteiger partial charge in [0, 0.05) is 13.0 Å². The largest absolute Gasteiger partial charge is 0.493 e. The van der Waals surface area contributed by atoms with Crippen molar-refractivity contribution in [3.05, 3.63) is 58.4 Å². The molecule has 0 radical (unpaired) electrons. The number of nitrogens with zero attached hydrogens (tertiary/aromatic N) is 2. The molecule has 1 N–H and O–H groups in total. The quantitative estimate of drug-likeness (QED) is 0.554. The number of hydrogen-bond acceptors (Lipinski definition) is 3. The minimum atomic E-state index is 0.110. The van der Waals surface area contributed by atoms with Gasteiger partial charge in [0.25, 0.3) is 0 Å². The van der Waals surface area contributed by atoms with Gasteiger partial charge in [0.1, 0.15) is 11.6 Å². The molecule has 3 rings (SSSR count). The van der Waals surface area contributed by atoms with Gasteiger partial charge >= 0.3 is 0 Å². The zero-order valence-corrected chi connectivity index (χ0v) is 17.7. The minimum Gasteiger partial charge on any atom is -0.493 e. The van der Waals surface area contributed by atoms with Gasteiger partial charge in [-0.3, -0.25) is 0 Å². The second-order valence-corrected chi connectivity index (χ2v) is 7.98. The molecule has 0 atom stereocenters. The number of aliphatic hydroxyl groups is 1. The fourth-order valence-corrected chi connectivity index (χ4v) is 3.62. The van der Waals surface area contributed by atoms with Crippen LogP contribution in [0.2, 0.25) is 0 Å². The summed E-state index contributed by atoms with van der Waals surface area (Å²) >= 11 is 0. The Hall–Kier alpha value is -2.33. The number of ether oxygens (including phenoxy) is 1. The van der Waals surface area contributed by atoms with Crippen LogP contribution in [-0.4, -0.2) is 27.9 Å². The van der Waals surface area contributed by atoms with Gasteiger partial charge in [-0.25, -0.2) is 4.98 Å². The molecule has 4 heteroatoms. The summed E-state index contributed by atoms with van der Waals surface area (Å²) in [6.45, 7) is 12.3. The molecular formula is C24H32N2O2. The van der Waals surface area contributed by atoms with Crippen molar-refractivity contribution in [3.63, 3.8) is 0 Å². The number of aromatic nitrogens is 2. The maximum absolute atomic E-state index is 9.43. The highest BCUT2D eigenvalue weighted by Crippen LogP contribution is 2.28. The Balaban J connectivity index is 1.74. The normalized spacial score (nSPS) is 11.5. The molecule has 0 bridgehead atoms. The molecule has 150 valence electrons. The van der Waals surface area contributed by atoms with Crippen LogP contribution < -0.4 is 4.74 Å². The standard InChI is InChI=1S/C24H32N2O2/c1-16(2)20-8-7-17(3)13-23(20)28-12-6-10-26-22-15-19(5)18(4)14-21(22)25-24(26)9-11-27/h7-8,13-16,27H,6,9-12H2,1-5H3. The summed E-state index contributed by atoms with van der Waals surface area (Å²) in [6, 6.07) is 10.8. The first-order chi connectivity index (χ1) is 13.4. The molecule has 3 aromatic rings. The molecule has 28 heavy (non-hydrogen) atoms. The molecular weight excluding hydrogens is 348 g/mol. The van der Waals surface area contributed by atoms with Gasteiger partial charge in [-0.1, -0.05) is 26.0 Å². The summed E-state index contributed by atoms with van der Waals surface area (Å²) in [4.78, 5) is 4.75. The van der Waals surface area contributed by atoms with Crippen LogP contribution in [0.3, 0.4) is 0 Å². The lowest BCUT2D eigenvalue weighted by Gasteiger charge is -2.15. The van der Waals surface area contributed by atoms with Crippen LogP contribution in [0.5, 0.6) is 5.75 Å². The van der Waals surface area contributed by atoms with Gasteiger partial charge in [-0.05, 0) is 73.6 Å². The number of imidazole rings is 1. The number of hydrogen-bond donors (Lipinski definition) is 1. The van der Waals surface area contributed by atoms with Crippen LogP contribution in [0.15, 0.2) is 30.3 Å². The molecule has 0 saturated heterocycles. The third kappa shape index (κ3) is 4.39. The Bertz CT molecular complexity index is 957. The number of benzene rings is 2. The minimum absolute atomic E-state index is 0.110. The number of aliphatic hydroxyl groups excluding tert-OH is 1. The van der Waals surface area contributed by atoms with E-state index in [4.69, 9.17) is 9.72 Å². The van der Waals surface area contributed by atoms with E-state index in [9.17, 15) is 5.11 Å². The molecule has 1 aromatic heterocycles. The zero-order chi connectivity index (χ0) is 20.3. The Kier molecular flexibility index (Phi) is 6.40. The van der Waals surface area contributed by atoms with Gasteiger partial charge in [0.15, 0.2) is 0 Å². The maximum Gasteiger partial charge on any atom is 0.123 e. The van der Waals surface area contributed by atoms with Crippen LogP contribution in [-0.2, 0) is 13.0 Å². The first-order valence-electron chi connectivity index (χ1n) is 10.2. The Morgan fingerprint density at radius 1 is 1.07 bits per heavy atom. The topological polar surface area (TPSA) is 47.3 Å². The van der Waals surface area contributed by atoms with Crippen LogP contribution in [0, 0.1) is 20.8 Å². The van der Waals surface area contributed by atoms with E-state index in [2.05, 4.69) is 69.5 Å². The molecule has 0 aliphatic carbocycles. The lowest BCUT2D eigenvalue weighted by molar-refractivity contribution is 0.288. The van der Waals surface area contributed by atoms with Crippen molar-refractivity contribution < 1.29 is 9.84 Å². The van der Waals surface area contributed by atoms with E-state index in [1.807, 2.05) is 0 Å². The van der Waals surface area contributed by atoms with Crippen LogP contribution >= 0.6 is 0 Å². The lowest BCUT2D eigenvalue weighted by atomic mass is 10.0. The monoisotopic (exact) mass is 380 g/mol. The van der Waals surface area contributed by atoms with Crippen molar-refractivity contribution in [1.29, 1.82) is 0 Å². The van der Waals surface area contributed by atoms with Gasteiger partial charge in [-0.15, -0.1) is 0 Å². The first kappa shape index (κ1) is 20.4. The van der Waals surface area contributed by atoms with Crippen molar-refractivity contribution in [2.75, 3.05) is 13.2 Å². The average molecular weight is 381 g/mol. The molecule has 0 spiro atoms. The van der Waals surface area contributed by atoms with Gasteiger partial charge in [0.05, 0.1) is 24.2 Å². The maximum atomic E-state index is 9.43. The van der Waals surface area contributed by atoms with E-state index < -0.39 is 0 Å². The summed E-state index contributed by atoms with van der Waals surface area (Å²) in [6.07, 6.45) is 1.46. The third-order valence-electron chi connectivity index (χ3n) is 5.35. The first-order valence-corrected chi connectivity index (χ1v) is 10.2. The molecule has 1 heterocycles. The molecule has 0 fully saturated rings. The highest BCUT2D eigenvalue weighted by molar-refractivity contribution is 5.78. The van der Waals surface area contributed by atoms with Crippen molar-refractivity contribution in [3.8, 4) is 5.75 Å². The van der Waals surface area contributed by atoms with E-state index in [0.717, 1.165) is 35.6 Å². The molecule has 0 aliphatic heterocycles. The number of fused-ring (bicyclic) bond motifs is 1. The fraction of sp³-hybridized carbons (Fsp3) is 0.458. The van der Waals surface area contributed by atoms with Gasteiger partial charge in [0.2, 0.25) is 0 Å². The highest BCUT2D eigenvalue weighted by atomic mass is 16.5. The molecule has 4 nitrogen and oxygen atoms in total. The molecule has 0 amide bonds. The smallest absolute Gasteiger partial charge is 0.123 e. The Morgan fingerprint density at radius 3 is 2.54 bits per heavy atom. The second kappa shape index (κ2) is 8.78. The molecule has 2 aromatic carbocycles. The van der Waals surface area contributed by atoms with Gasteiger partial charge in [-0.2, -0.15) is 0 Å². The van der Waals surface area contributed by atoms with E-state index in [-0.39, 0.29) is 6.61 Å². The van der Waals surface area contributed by atoms with E-state index in [1.165, 1.54) is 22.3 Å². The second-order valence-electron chi connectivity index (χ2n) is 7.98. The highest BCUT2D eigenvalue weighted by Gasteiger charge is 2.12. The average Bonchev–Trinajstić information content (AvgIpc) is 2.95. The summed E-state index contributed by atoms with van der Waals surface area (Å²) < 4.78 is 8.39. The fourth-order valence-electron chi connectivity index (χ4n) is 3.62. The van der Waals surface area contributed by atoms with E-state index in [1.54, 1.807) is 0 Å². The predicted octanol–water partition coefficient (Wildman–Crippen LogP) is 5.09. The number of rotatable bonds is 8. The van der Waals surface area contributed by atoms with Crippen molar-refractivity contribution in [2.24, 2.45) is 0 Å². The summed E-state index contributed by atoms with van der Waals surface area (Å²) in [7, 11) is 0. The van der Waals surface area contributed by atoms with Gasteiger partial charge < -0.3 is 14.4 Å². The van der Waals surface area contributed by atoms with Crippen LogP contribution in [0.1, 0.15) is 54.3 Å². The molecule has 0 saturated carbocycles. The summed E-state index contributed by atoms with van der Waals surface area (Å²) in [5, 5.41) is 9.43. The van der Waals surface area contributed by atoms with E-state index in [0.29, 0.717) is 18.9 Å². The van der Waals surface area contributed by atoms with Crippen molar-refractivity contribution in [1.82, 2.24) is 9.55 Å². The van der Waals surface area contributed by atoms with Crippen LogP contribution in [0.25, 0.3) is 11.0 Å². The molecule has 0 aliphatic rings. The predicted molar refractivity (Wildman–Crippen MR) is 115 cm³/mol. The summed E-state index contributed by atoms with van der Waals surface area (Å²) in [5.74, 6) is 2.38. The van der Waals surface area contributed by atoms with Crippen molar-refractivity contribution >= 4 is 11.0 Å². The lowest BCUT2D eigenvalue weighted by Crippen LogP contribution is -2.10. The molecule has 0 unspecified atom stereocenters. The van der Waals surface area contributed by atoms with E-state index >= 15 is 0 Å². The Morgan fingerprint density at radius 2 is 1.82 bits per heavy atom. The number of aryl methyl sites for hydroxylation is 4. The van der Waals surface area contributed by atoms with Crippen LogP contribution in [0.4, 0.5) is 0 Å². The zero-order valence-electron chi connectivity index (χ0n) is 17.7. The Labute approximate surface area is 168 Å².